The zero-order valence-corrected chi connectivity index (χ0v) is 9.10. The Morgan fingerprint density at radius 2 is 2.06 bits per heavy atom. The molecule has 0 aliphatic carbocycles. The summed E-state index contributed by atoms with van der Waals surface area (Å²) in [5.74, 6) is 0.0619. The van der Waals surface area contributed by atoms with Gasteiger partial charge in [-0.1, -0.05) is 30.3 Å². The maximum absolute atomic E-state index is 11.4. The lowest BCUT2D eigenvalue weighted by molar-refractivity contribution is -0.117. The van der Waals surface area contributed by atoms with Gasteiger partial charge >= 0.3 is 0 Å². The molecule has 0 bridgehead atoms. The summed E-state index contributed by atoms with van der Waals surface area (Å²) in [5, 5.41) is 8.94. The van der Waals surface area contributed by atoms with Crippen LogP contribution in [-0.4, -0.2) is 28.9 Å². The van der Waals surface area contributed by atoms with Crippen LogP contribution in [0.15, 0.2) is 42.2 Å². The summed E-state index contributed by atoms with van der Waals surface area (Å²) >= 11 is 0. The molecule has 1 N–H and O–H groups in total. The summed E-state index contributed by atoms with van der Waals surface area (Å²) in [6.07, 6.45) is 1.44. The fourth-order valence-electron chi connectivity index (χ4n) is 1.92. The van der Waals surface area contributed by atoms with Gasteiger partial charge in [-0.3, -0.25) is 9.69 Å². The first-order valence-electron chi connectivity index (χ1n) is 5.42. The number of Topliss-reactive ketones (excluding diaryl/α,β-unsaturated/α-hetero) is 1. The Morgan fingerprint density at radius 3 is 2.75 bits per heavy atom. The number of benzene rings is 1. The zero-order valence-electron chi connectivity index (χ0n) is 9.10. The molecule has 0 aromatic heterocycles. The van der Waals surface area contributed by atoms with Gasteiger partial charge in [0.15, 0.2) is 5.78 Å². The molecule has 1 aromatic rings. The molecular weight excluding hydrogens is 202 g/mol. The van der Waals surface area contributed by atoms with Crippen molar-refractivity contribution in [3.8, 4) is 0 Å². The highest BCUT2D eigenvalue weighted by atomic mass is 16.2. The minimum absolute atomic E-state index is 0.0619. The van der Waals surface area contributed by atoms with Gasteiger partial charge in [0.25, 0.3) is 0 Å². The van der Waals surface area contributed by atoms with E-state index in [0.717, 1.165) is 19.4 Å². The molecule has 1 aliphatic heterocycles. The SMILES string of the molecule is O=C1CCN(Cc2ccccc2)CC1=CO. The fraction of sp³-hybridized carbons (Fsp3) is 0.308. The van der Waals surface area contributed by atoms with E-state index >= 15 is 0 Å². The third-order valence-corrected chi connectivity index (χ3v) is 2.81. The maximum atomic E-state index is 11.4. The number of likely N-dealkylation sites (tertiary alicyclic amines) is 1. The normalized spacial score (nSPS) is 20.2. The number of hydrogen-bond donors (Lipinski definition) is 1. The Morgan fingerprint density at radius 1 is 1.31 bits per heavy atom. The summed E-state index contributed by atoms with van der Waals surface area (Å²) in [4.78, 5) is 13.5. The lowest BCUT2D eigenvalue weighted by atomic mass is 10.0. The highest BCUT2D eigenvalue weighted by Crippen LogP contribution is 2.14. The summed E-state index contributed by atoms with van der Waals surface area (Å²) in [6, 6.07) is 10.1. The molecule has 0 atom stereocenters. The second-order valence-corrected chi connectivity index (χ2v) is 4.02. The molecule has 2 rings (SSSR count). The second kappa shape index (κ2) is 4.94. The summed E-state index contributed by atoms with van der Waals surface area (Å²) in [5.41, 5.74) is 1.75. The third kappa shape index (κ3) is 2.49. The summed E-state index contributed by atoms with van der Waals surface area (Å²) in [6.45, 7) is 2.14. The number of nitrogens with zero attached hydrogens (tertiary/aromatic N) is 1. The number of carbonyl (C=O) groups excluding carboxylic acids is 1. The van der Waals surface area contributed by atoms with Crippen molar-refractivity contribution < 1.29 is 9.90 Å². The molecule has 3 heteroatoms. The Hall–Kier alpha value is -1.61. The van der Waals surface area contributed by atoms with Gasteiger partial charge in [-0.15, -0.1) is 0 Å². The first-order chi connectivity index (χ1) is 7.79. The largest absolute Gasteiger partial charge is 0.515 e. The fourth-order valence-corrected chi connectivity index (χ4v) is 1.92. The average molecular weight is 217 g/mol. The third-order valence-electron chi connectivity index (χ3n) is 2.81. The van der Waals surface area contributed by atoms with Crippen molar-refractivity contribution in [1.82, 2.24) is 4.90 Å². The molecular formula is C13H15NO2. The Labute approximate surface area is 95.0 Å². The number of carbonyl (C=O) groups is 1. The highest BCUT2D eigenvalue weighted by molar-refractivity contribution is 5.96. The number of aliphatic hydroxyl groups excluding tert-OH is 1. The number of piperidine rings is 1. The van der Waals surface area contributed by atoms with Crippen molar-refractivity contribution in [2.75, 3.05) is 13.1 Å². The molecule has 1 aliphatic rings. The number of hydrogen-bond acceptors (Lipinski definition) is 3. The van der Waals surface area contributed by atoms with Crippen LogP contribution in [0.2, 0.25) is 0 Å². The van der Waals surface area contributed by atoms with E-state index in [2.05, 4.69) is 17.0 Å². The zero-order chi connectivity index (χ0) is 11.4. The van der Waals surface area contributed by atoms with E-state index in [4.69, 9.17) is 5.11 Å². The number of rotatable bonds is 2. The van der Waals surface area contributed by atoms with E-state index in [9.17, 15) is 4.79 Å². The topological polar surface area (TPSA) is 40.5 Å². The minimum atomic E-state index is 0.0619. The summed E-state index contributed by atoms with van der Waals surface area (Å²) in [7, 11) is 0. The van der Waals surface area contributed by atoms with Gasteiger partial charge in [0.2, 0.25) is 0 Å². The van der Waals surface area contributed by atoms with Gasteiger partial charge in [0.1, 0.15) is 0 Å². The molecule has 16 heavy (non-hydrogen) atoms. The Bertz CT molecular complexity index is 398. The van der Waals surface area contributed by atoms with Crippen LogP contribution in [0, 0.1) is 0 Å². The standard InChI is InChI=1S/C13H15NO2/c15-10-12-9-14(7-6-13(12)16)8-11-4-2-1-3-5-11/h1-5,10,15H,6-9H2. The number of aliphatic hydroxyl groups is 1. The summed E-state index contributed by atoms with van der Waals surface area (Å²) < 4.78 is 0. The molecule has 1 aromatic carbocycles. The van der Waals surface area contributed by atoms with Crippen LogP contribution in [0.25, 0.3) is 0 Å². The van der Waals surface area contributed by atoms with Crippen LogP contribution in [-0.2, 0) is 11.3 Å². The molecule has 0 unspecified atom stereocenters. The van der Waals surface area contributed by atoms with E-state index in [1.165, 1.54) is 5.56 Å². The van der Waals surface area contributed by atoms with Gasteiger partial charge in [-0.2, -0.15) is 0 Å². The van der Waals surface area contributed by atoms with E-state index < -0.39 is 0 Å². The maximum Gasteiger partial charge on any atom is 0.164 e. The molecule has 0 amide bonds. The molecule has 0 radical (unpaired) electrons. The van der Waals surface area contributed by atoms with E-state index in [1.54, 1.807) is 0 Å². The minimum Gasteiger partial charge on any atom is -0.515 e. The van der Waals surface area contributed by atoms with E-state index in [0.29, 0.717) is 18.5 Å². The molecule has 1 fully saturated rings. The Balaban J connectivity index is 2.00. The smallest absolute Gasteiger partial charge is 0.164 e. The van der Waals surface area contributed by atoms with Gasteiger partial charge in [0.05, 0.1) is 6.26 Å². The highest BCUT2D eigenvalue weighted by Gasteiger charge is 2.21. The van der Waals surface area contributed by atoms with Crippen molar-refractivity contribution in [1.29, 1.82) is 0 Å². The Kier molecular flexibility index (Phi) is 3.37. The quantitative estimate of drug-likeness (QED) is 0.607. The molecule has 3 nitrogen and oxygen atoms in total. The van der Waals surface area contributed by atoms with Gasteiger partial charge in [0, 0.05) is 31.6 Å². The first-order valence-corrected chi connectivity index (χ1v) is 5.42. The molecule has 0 saturated carbocycles. The van der Waals surface area contributed by atoms with Crippen LogP contribution in [0.1, 0.15) is 12.0 Å². The van der Waals surface area contributed by atoms with E-state index in [1.807, 2.05) is 18.2 Å². The van der Waals surface area contributed by atoms with Crippen LogP contribution in [0.4, 0.5) is 0 Å². The molecule has 84 valence electrons. The predicted octanol–water partition coefficient (Wildman–Crippen LogP) is 1.90. The van der Waals surface area contributed by atoms with Gasteiger partial charge < -0.3 is 5.11 Å². The van der Waals surface area contributed by atoms with Crippen LogP contribution < -0.4 is 0 Å². The van der Waals surface area contributed by atoms with Crippen molar-refractivity contribution in [2.24, 2.45) is 0 Å². The average Bonchev–Trinajstić information content (AvgIpc) is 2.33. The van der Waals surface area contributed by atoms with Crippen LogP contribution in [0.5, 0.6) is 0 Å². The second-order valence-electron chi connectivity index (χ2n) is 4.02. The molecule has 1 heterocycles. The van der Waals surface area contributed by atoms with Crippen molar-refractivity contribution >= 4 is 5.78 Å². The van der Waals surface area contributed by atoms with Gasteiger partial charge in [-0.05, 0) is 5.56 Å². The first kappa shape index (κ1) is 10.9. The lowest BCUT2D eigenvalue weighted by Gasteiger charge is -2.27. The van der Waals surface area contributed by atoms with Gasteiger partial charge in [-0.25, -0.2) is 0 Å². The monoisotopic (exact) mass is 217 g/mol. The molecule has 0 spiro atoms. The number of ketones is 1. The van der Waals surface area contributed by atoms with E-state index in [-0.39, 0.29) is 5.78 Å². The van der Waals surface area contributed by atoms with Crippen molar-refractivity contribution in [3.63, 3.8) is 0 Å². The van der Waals surface area contributed by atoms with Crippen molar-refractivity contribution in [2.45, 2.75) is 13.0 Å². The predicted molar refractivity (Wildman–Crippen MR) is 62.1 cm³/mol. The van der Waals surface area contributed by atoms with Crippen LogP contribution in [0.3, 0.4) is 0 Å². The van der Waals surface area contributed by atoms with Crippen LogP contribution >= 0.6 is 0 Å². The molecule has 1 saturated heterocycles. The lowest BCUT2D eigenvalue weighted by Crippen LogP contribution is -2.35. The van der Waals surface area contributed by atoms with Crippen molar-refractivity contribution in [3.05, 3.63) is 47.7 Å².